The Kier molecular flexibility index (Phi) is 4.80. The van der Waals surface area contributed by atoms with Crippen LogP contribution in [-0.2, 0) is 0 Å². The molecule has 4 rings (SSSR count). The van der Waals surface area contributed by atoms with Crippen molar-refractivity contribution in [2.45, 2.75) is 13.8 Å². The Balaban J connectivity index is 1.53. The van der Waals surface area contributed by atoms with Crippen LogP contribution in [0.3, 0.4) is 0 Å². The number of nitrogens with zero attached hydrogens (tertiary/aromatic N) is 2. The number of benzene rings is 2. The number of carbonyl (C=O) groups is 1. The van der Waals surface area contributed by atoms with Crippen LogP contribution in [0.1, 0.15) is 21.7 Å². The van der Waals surface area contributed by atoms with Crippen molar-refractivity contribution in [3.63, 3.8) is 0 Å². The van der Waals surface area contributed by atoms with Gasteiger partial charge in [-0.1, -0.05) is 12.1 Å². The molecule has 142 valence electrons. The third kappa shape index (κ3) is 4.03. The van der Waals surface area contributed by atoms with E-state index in [0.29, 0.717) is 42.0 Å². The summed E-state index contributed by atoms with van der Waals surface area (Å²) in [6.07, 6.45) is 0. The van der Waals surface area contributed by atoms with Gasteiger partial charge in [-0.2, -0.15) is 0 Å². The van der Waals surface area contributed by atoms with E-state index in [0.717, 1.165) is 11.3 Å². The molecule has 0 radical (unpaired) electrons. The van der Waals surface area contributed by atoms with Crippen LogP contribution in [0.15, 0.2) is 48.5 Å². The van der Waals surface area contributed by atoms with E-state index in [1.54, 1.807) is 24.3 Å². The zero-order valence-electron chi connectivity index (χ0n) is 15.7. The van der Waals surface area contributed by atoms with E-state index in [9.17, 15) is 4.79 Å². The van der Waals surface area contributed by atoms with Crippen LogP contribution in [0.4, 0.5) is 17.3 Å². The summed E-state index contributed by atoms with van der Waals surface area (Å²) in [5.41, 5.74) is 3.56. The van der Waals surface area contributed by atoms with Crippen molar-refractivity contribution in [1.29, 1.82) is 0 Å². The van der Waals surface area contributed by atoms with Crippen molar-refractivity contribution < 1.29 is 14.3 Å². The Morgan fingerprint density at radius 2 is 1.75 bits per heavy atom. The van der Waals surface area contributed by atoms with Gasteiger partial charge in [0.15, 0.2) is 11.5 Å². The van der Waals surface area contributed by atoms with Gasteiger partial charge in [-0.3, -0.25) is 4.79 Å². The minimum absolute atomic E-state index is 0.276. The average molecular weight is 376 g/mol. The van der Waals surface area contributed by atoms with Crippen LogP contribution in [-0.4, -0.2) is 29.1 Å². The second-order valence-electron chi connectivity index (χ2n) is 6.53. The largest absolute Gasteiger partial charge is 0.486 e. The molecule has 0 saturated heterocycles. The van der Waals surface area contributed by atoms with Crippen LogP contribution in [0.2, 0.25) is 0 Å². The minimum Gasteiger partial charge on any atom is -0.486 e. The van der Waals surface area contributed by atoms with Crippen LogP contribution >= 0.6 is 0 Å². The third-order valence-electron chi connectivity index (χ3n) is 4.16. The lowest BCUT2D eigenvalue weighted by Gasteiger charge is -2.19. The first-order valence-corrected chi connectivity index (χ1v) is 8.97. The molecule has 0 unspecified atom stereocenters. The molecule has 0 aliphatic carbocycles. The van der Waals surface area contributed by atoms with Gasteiger partial charge in [-0.25, -0.2) is 9.97 Å². The second-order valence-corrected chi connectivity index (χ2v) is 6.53. The van der Waals surface area contributed by atoms with Crippen molar-refractivity contribution in [3.05, 3.63) is 65.5 Å². The summed E-state index contributed by atoms with van der Waals surface area (Å²) in [5.74, 6) is 1.34. The number of amides is 1. The number of hydrogen-bond donors (Lipinski definition) is 2. The fraction of sp³-hybridized carbons (Fsp3) is 0.190. The Bertz CT molecular complexity index is 1040. The van der Waals surface area contributed by atoms with E-state index < -0.39 is 0 Å². The lowest BCUT2D eigenvalue weighted by molar-refractivity contribution is 0.102. The number of anilines is 3. The van der Waals surface area contributed by atoms with Crippen molar-refractivity contribution in [3.8, 4) is 11.5 Å². The van der Waals surface area contributed by atoms with Gasteiger partial charge in [0, 0.05) is 23.1 Å². The summed E-state index contributed by atoms with van der Waals surface area (Å²) in [4.78, 5) is 21.4. The molecule has 3 aromatic rings. The predicted octanol–water partition coefficient (Wildman–Crippen LogP) is 3.86. The SMILES string of the molecule is Cc1cccc(Nc2nc(C)cc(C(=O)Nc3ccc4c(c3)OCCO4)n2)c1. The van der Waals surface area contributed by atoms with Gasteiger partial charge >= 0.3 is 0 Å². The van der Waals surface area contributed by atoms with Crippen LogP contribution in [0.25, 0.3) is 0 Å². The first-order valence-electron chi connectivity index (χ1n) is 8.97. The number of aryl methyl sites for hydroxylation is 2. The summed E-state index contributed by atoms with van der Waals surface area (Å²) in [6, 6.07) is 14.8. The molecule has 0 spiro atoms. The molecular formula is C21H20N4O3. The van der Waals surface area contributed by atoms with E-state index >= 15 is 0 Å². The number of ether oxygens (including phenoxy) is 2. The van der Waals surface area contributed by atoms with E-state index in [-0.39, 0.29) is 11.6 Å². The highest BCUT2D eigenvalue weighted by Crippen LogP contribution is 2.32. The minimum atomic E-state index is -0.325. The van der Waals surface area contributed by atoms with Gasteiger partial charge in [-0.05, 0) is 49.7 Å². The number of carbonyl (C=O) groups excluding carboxylic acids is 1. The standard InChI is InChI=1S/C21H20N4O3/c1-13-4-3-5-15(10-13)24-21-22-14(2)11-17(25-21)20(26)23-16-6-7-18-19(12-16)28-9-8-27-18/h3-7,10-12H,8-9H2,1-2H3,(H,23,26)(H,22,24,25). The fourth-order valence-corrected chi connectivity index (χ4v) is 2.91. The molecule has 0 saturated carbocycles. The molecule has 0 bridgehead atoms. The smallest absolute Gasteiger partial charge is 0.274 e. The van der Waals surface area contributed by atoms with Crippen LogP contribution in [0, 0.1) is 13.8 Å². The number of rotatable bonds is 4. The summed E-state index contributed by atoms with van der Waals surface area (Å²) >= 11 is 0. The maximum absolute atomic E-state index is 12.7. The van der Waals surface area contributed by atoms with Crippen molar-refractivity contribution in [2.75, 3.05) is 23.8 Å². The quantitative estimate of drug-likeness (QED) is 0.719. The first-order chi connectivity index (χ1) is 13.6. The normalized spacial score (nSPS) is 12.4. The van der Waals surface area contributed by atoms with Gasteiger partial charge in [0.05, 0.1) is 0 Å². The topological polar surface area (TPSA) is 85.4 Å². The molecular weight excluding hydrogens is 356 g/mol. The number of hydrogen-bond acceptors (Lipinski definition) is 6. The average Bonchev–Trinajstić information content (AvgIpc) is 2.67. The van der Waals surface area contributed by atoms with Gasteiger partial charge < -0.3 is 20.1 Å². The fourth-order valence-electron chi connectivity index (χ4n) is 2.91. The Hall–Kier alpha value is -3.61. The van der Waals surface area contributed by atoms with E-state index in [2.05, 4.69) is 20.6 Å². The van der Waals surface area contributed by atoms with Gasteiger partial charge in [-0.15, -0.1) is 0 Å². The summed E-state index contributed by atoms with van der Waals surface area (Å²) in [7, 11) is 0. The monoisotopic (exact) mass is 376 g/mol. The molecule has 1 amide bonds. The molecule has 7 heteroatoms. The van der Waals surface area contributed by atoms with Crippen molar-refractivity contribution >= 4 is 23.2 Å². The van der Waals surface area contributed by atoms with Crippen molar-refractivity contribution in [1.82, 2.24) is 9.97 Å². The Morgan fingerprint density at radius 1 is 0.929 bits per heavy atom. The molecule has 7 nitrogen and oxygen atoms in total. The molecule has 1 aliphatic rings. The van der Waals surface area contributed by atoms with E-state index in [1.165, 1.54) is 0 Å². The molecule has 1 aliphatic heterocycles. The Morgan fingerprint density at radius 3 is 2.57 bits per heavy atom. The molecule has 28 heavy (non-hydrogen) atoms. The van der Waals surface area contributed by atoms with E-state index in [1.807, 2.05) is 38.1 Å². The number of aromatic nitrogens is 2. The zero-order chi connectivity index (χ0) is 19.5. The summed E-state index contributed by atoms with van der Waals surface area (Å²) < 4.78 is 11.1. The lowest BCUT2D eigenvalue weighted by atomic mass is 10.2. The highest BCUT2D eigenvalue weighted by atomic mass is 16.6. The van der Waals surface area contributed by atoms with Gasteiger partial charge in [0.1, 0.15) is 18.9 Å². The lowest BCUT2D eigenvalue weighted by Crippen LogP contribution is -2.17. The third-order valence-corrected chi connectivity index (χ3v) is 4.16. The number of fused-ring (bicyclic) bond motifs is 1. The van der Waals surface area contributed by atoms with Gasteiger partial charge in [0.25, 0.3) is 5.91 Å². The Labute approximate surface area is 162 Å². The number of nitrogens with one attached hydrogen (secondary N) is 2. The highest BCUT2D eigenvalue weighted by Gasteiger charge is 2.15. The first kappa shape index (κ1) is 17.8. The molecule has 2 aromatic carbocycles. The summed E-state index contributed by atoms with van der Waals surface area (Å²) in [5, 5.41) is 5.99. The van der Waals surface area contributed by atoms with Crippen molar-refractivity contribution in [2.24, 2.45) is 0 Å². The van der Waals surface area contributed by atoms with Crippen LogP contribution < -0.4 is 20.1 Å². The molecule has 0 fully saturated rings. The summed E-state index contributed by atoms with van der Waals surface area (Å²) in [6.45, 7) is 4.84. The van der Waals surface area contributed by atoms with Crippen LogP contribution in [0.5, 0.6) is 11.5 Å². The molecule has 0 atom stereocenters. The van der Waals surface area contributed by atoms with E-state index in [4.69, 9.17) is 9.47 Å². The second kappa shape index (κ2) is 7.56. The highest BCUT2D eigenvalue weighted by molar-refractivity contribution is 6.03. The van der Waals surface area contributed by atoms with Gasteiger partial charge in [0.2, 0.25) is 5.95 Å². The maximum Gasteiger partial charge on any atom is 0.274 e. The molecule has 2 N–H and O–H groups in total. The molecule has 1 aromatic heterocycles. The predicted molar refractivity (Wildman–Crippen MR) is 107 cm³/mol. The zero-order valence-corrected chi connectivity index (χ0v) is 15.7. The maximum atomic E-state index is 12.7. The molecule has 2 heterocycles.